The Labute approximate surface area is 213 Å². The molecule has 0 bridgehead atoms. The van der Waals surface area contributed by atoms with Crippen molar-refractivity contribution in [1.82, 2.24) is 9.55 Å². The Hall–Kier alpha value is -2.42. The molecule has 2 saturated heterocycles. The lowest BCUT2D eigenvalue weighted by Gasteiger charge is -2.36. The van der Waals surface area contributed by atoms with E-state index in [0.29, 0.717) is 24.8 Å². The van der Waals surface area contributed by atoms with Gasteiger partial charge < -0.3 is 4.74 Å². The largest absolute Gasteiger partial charge is 0.390 e. The number of nitrogens with zero attached hydrogens (tertiary/aromatic N) is 1. The average Bonchev–Trinajstić information content (AvgIpc) is 3.28. The van der Waals surface area contributed by atoms with Gasteiger partial charge in [0, 0.05) is 23.4 Å². The van der Waals surface area contributed by atoms with Crippen molar-refractivity contribution in [1.29, 1.82) is 0 Å². The van der Waals surface area contributed by atoms with Gasteiger partial charge in [-0.05, 0) is 42.3 Å². The quantitative estimate of drug-likeness (QED) is 0.412. The number of H-pyrrole nitrogens is 1. The van der Waals surface area contributed by atoms with E-state index in [0.717, 1.165) is 11.1 Å². The minimum atomic E-state index is -3.61. The maximum absolute atomic E-state index is 14.2. The summed E-state index contributed by atoms with van der Waals surface area (Å²) in [4.78, 5) is 26.6. The van der Waals surface area contributed by atoms with E-state index in [9.17, 15) is 14.2 Å². The molecule has 0 radical (unpaired) electrons. The van der Waals surface area contributed by atoms with Crippen LogP contribution in [0.4, 0.5) is 0 Å². The summed E-state index contributed by atoms with van der Waals surface area (Å²) >= 11 is 1.23. The van der Waals surface area contributed by atoms with Crippen LogP contribution in [0.25, 0.3) is 0 Å². The van der Waals surface area contributed by atoms with Crippen molar-refractivity contribution in [2.45, 2.75) is 62.9 Å². The van der Waals surface area contributed by atoms with Crippen LogP contribution in [0, 0.1) is 6.92 Å². The Morgan fingerprint density at radius 1 is 1.06 bits per heavy atom. The van der Waals surface area contributed by atoms with Crippen molar-refractivity contribution in [2.24, 2.45) is 0 Å². The molecule has 8 nitrogen and oxygen atoms in total. The third-order valence-corrected chi connectivity index (χ3v) is 10.7. The number of hydrogen-bond acceptors (Lipinski definition) is 7. The zero-order valence-electron chi connectivity index (χ0n) is 20.1. The molecule has 1 N–H and O–H groups in total. The number of hydrogen-bond donors (Lipinski definition) is 1. The van der Waals surface area contributed by atoms with Crippen LogP contribution in [0.1, 0.15) is 60.5 Å². The van der Waals surface area contributed by atoms with Crippen molar-refractivity contribution in [2.75, 3.05) is 0 Å². The fourth-order valence-corrected chi connectivity index (χ4v) is 9.28. The third-order valence-electron chi connectivity index (χ3n) is 6.59. The highest BCUT2D eigenvalue weighted by Crippen LogP contribution is 2.73. The predicted molar refractivity (Wildman–Crippen MR) is 139 cm³/mol. The molecule has 10 heteroatoms. The second-order valence-corrected chi connectivity index (χ2v) is 13.2. The Morgan fingerprint density at radius 3 is 2.39 bits per heavy atom. The summed E-state index contributed by atoms with van der Waals surface area (Å²) in [6.45, 7) is -0.0271. The third kappa shape index (κ3) is 5.31. The van der Waals surface area contributed by atoms with Crippen LogP contribution in [0.15, 0.2) is 76.4 Å². The SMILES string of the molecule is CC[C@H]1O[C@@H](n2cc(C)c(=O)[nH]c2=O)C[C@@H]1O[P@]1(=O)O[C@H](c2ccccc2)C[C@H](c2ccccc2)S1. The minimum Gasteiger partial charge on any atom is -0.352 e. The first-order valence-corrected chi connectivity index (χ1v) is 15.1. The highest BCUT2D eigenvalue weighted by Gasteiger charge is 2.46. The van der Waals surface area contributed by atoms with Gasteiger partial charge in [-0.1, -0.05) is 67.6 Å². The van der Waals surface area contributed by atoms with Gasteiger partial charge in [0.25, 0.3) is 5.56 Å². The molecule has 2 aromatic carbocycles. The fraction of sp³-hybridized carbons (Fsp3) is 0.385. The second-order valence-electron chi connectivity index (χ2n) is 9.09. The molecule has 1 aromatic heterocycles. The lowest BCUT2D eigenvalue weighted by atomic mass is 10.0. The fourth-order valence-electron chi connectivity index (χ4n) is 4.71. The number of aromatic nitrogens is 2. The summed E-state index contributed by atoms with van der Waals surface area (Å²) in [6.07, 6.45) is 1.13. The molecule has 0 spiro atoms. The maximum atomic E-state index is 14.2. The molecule has 3 aromatic rings. The van der Waals surface area contributed by atoms with Crippen LogP contribution in [-0.4, -0.2) is 21.8 Å². The Bertz CT molecular complexity index is 1310. The molecule has 2 fully saturated rings. The summed E-state index contributed by atoms with van der Waals surface area (Å²) in [5, 5.41) is -0.0707. The Kier molecular flexibility index (Phi) is 7.37. The average molecular weight is 529 g/mol. The summed E-state index contributed by atoms with van der Waals surface area (Å²) in [5.74, 6) is 0. The number of nitrogens with one attached hydrogen (secondary N) is 1. The minimum absolute atomic E-state index is 0.0707. The predicted octanol–water partition coefficient (Wildman–Crippen LogP) is 5.67. The molecule has 2 aliphatic heterocycles. The zero-order chi connectivity index (χ0) is 25.3. The molecule has 36 heavy (non-hydrogen) atoms. The van der Waals surface area contributed by atoms with Gasteiger partial charge in [0.1, 0.15) is 6.23 Å². The van der Waals surface area contributed by atoms with Crippen LogP contribution < -0.4 is 11.2 Å². The van der Waals surface area contributed by atoms with E-state index >= 15 is 0 Å². The van der Waals surface area contributed by atoms with Gasteiger partial charge in [-0.15, -0.1) is 0 Å². The number of rotatable bonds is 6. The monoisotopic (exact) mass is 528 g/mol. The highest BCUT2D eigenvalue weighted by molar-refractivity contribution is 8.55. The number of benzene rings is 2. The van der Waals surface area contributed by atoms with Gasteiger partial charge in [0.05, 0.1) is 18.3 Å². The van der Waals surface area contributed by atoms with Crippen molar-refractivity contribution in [3.05, 3.63) is 104 Å². The van der Waals surface area contributed by atoms with Gasteiger partial charge in [-0.3, -0.25) is 23.4 Å². The molecule has 2 aliphatic rings. The van der Waals surface area contributed by atoms with Crippen molar-refractivity contribution >= 4 is 18.2 Å². The van der Waals surface area contributed by atoms with Gasteiger partial charge in [0.2, 0.25) is 0 Å². The first-order chi connectivity index (χ1) is 17.3. The van der Waals surface area contributed by atoms with Gasteiger partial charge in [-0.25, -0.2) is 9.36 Å². The molecule has 0 unspecified atom stereocenters. The van der Waals surface area contributed by atoms with E-state index in [2.05, 4.69) is 4.98 Å². The van der Waals surface area contributed by atoms with Crippen LogP contribution in [0.5, 0.6) is 0 Å². The van der Waals surface area contributed by atoms with E-state index in [1.54, 1.807) is 6.92 Å². The number of ether oxygens (including phenoxy) is 1. The van der Waals surface area contributed by atoms with E-state index in [-0.39, 0.29) is 17.5 Å². The lowest BCUT2D eigenvalue weighted by molar-refractivity contribution is -0.0204. The smallest absolute Gasteiger partial charge is 0.352 e. The van der Waals surface area contributed by atoms with E-state index in [4.69, 9.17) is 13.8 Å². The highest BCUT2D eigenvalue weighted by atomic mass is 32.7. The van der Waals surface area contributed by atoms with Gasteiger partial charge in [0.15, 0.2) is 0 Å². The number of aromatic amines is 1. The van der Waals surface area contributed by atoms with Crippen LogP contribution in [0.2, 0.25) is 0 Å². The molecule has 190 valence electrons. The molecular weight excluding hydrogens is 499 g/mol. The molecular formula is C26H29N2O6PS. The molecule has 3 heterocycles. The van der Waals surface area contributed by atoms with Crippen LogP contribution in [-0.2, 0) is 18.3 Å². The summed E-state index contributed by atoms with van der Waals surface area (Å²) in [7, 11) is 0. The Morgan fingerprint density at radius 2 is 1.72 bits per heavy atom. The zero-order valence-corrected chi connectivity index (χ0v) is 21.8. The molecule has 0 saturated carbocycles. The van der Waals surface area contributed by atoms with E-state index in [1.807, 2.05) is 67.6 Å². The summed E-state index contributed by atoms with van der Waals surface area (Å²) in [5.41, 5.74) is 1.45. The normalized spacial score (nSPS) is 30.3. The van der Waals surface area contributed by atoms with Crippen LogP contribution >= 0.6 is 18.2 Å². The molecule has 0 amide bonds. The van der Waals surface area contributed by atoms with E-state index in [1.165, 1.54) is 22.1 Å². The lowest BCUT2D eigenvalue weighted by Crippen LogP contribution is -2.33. The molecule has 6 atom stereocenters. The first kappa shape index (κ1) is 25.2. The molecule has 0 aliphatic carbocycles. The van der Waals surface area contributed by atoms with Crippen molar-refractivity contribution in [3.63, 3.8) is 0 Å². The van der Waals surface area contributed by atoms with Gasteiger partial charge >= 0.3 is 12.5 Å². The molecule has 5 rings (SSSR count). The summed E-state index contributed by atoms with van der Waals surface area (Å²) in [6, 6.07) is 19.7. The summed E-state index contributed by atoms with van der Waals surface area (Å²) < 4.78 is 34.1. The van der Waals surface area contributed by atoms with Crippen LogP contribution in [0.3, 0.4) is 0 Å². The van der Waals surface area contributed by atoms with Crippen molar-refractivity contribution < 1.29 is 18.3 Å². The standard InChI is InChI=1S/C26H29N2O6PS/c1-3-20-22(15-24(32-20)28-16-17(2)25(29)27-26(28)30)34-35(31)33-21(18-10-6-4-7-11-18)14-23(36-35)19-12-8-5-9-13-19/h4-13,16,20-24H,3,14-15H2,1-2H3,(H,27,29,30)/t20-,21+,22+,23-,24-,35+/m1/s1. The topological polar surface area (TPSA) is 99.6 Å². The van der Waals surface area contributed by atoms with E-state index < -0.39 is 30.4 Å². The first-order valence-electron chi connectivity index (χ1n) is 12.1. The Balaban J connectivity index is 1.41. The van der Waals surface area contributed by atoms with Gasteiger partial charge in [-0.2, -0.15) is 0 Å². The maximum Gasteiger partial charge on any atom is 0.390 e. The second kappa shape index (κ2) is 10.5. The van der Waals surface area contributed by atoms with Crippen molar-refractivity contribution in [3.8, 4) is 0 Å². The number of aryl methyl sites for hydroxylation is 1.